The van der Waals surface area contributed by atoms with Crippen LogP contribution in [0.5, 0.6) is 0 Å². The third-order valence-corrected chi connectivity index (χ3v) is 5.95. The van der Waals surface area contributed by atoms with Gasteiger partial charge in [0.1, 0.15) is 11.9 Å². The van der Waals surface area contributed by atoms with Crippen LogP contribution in [0, 0.1) is 5.82 Å². The Morgan fingerprint density at radius 1 is 1.38 bits per heavy atom. The second-order valence-corrected chi connectivity index (χ2v) is 8.13. The molecule has 2 atom stereocenters. The number of carbonyl (C=O) groups is 2. The van der Waals surface area contributed by atoms with E-state index in [1.165, 1.54) is 19.1 Å². The van der Waals surface area contributed by atoms with Crippen molar-refractivity contribution < 1.29 is 32.2 Å². The van der Waals surface area contributed by atoms with Gasteiger partial charge in [-0.05, 0) is 31.2 Å². The van der Waals surface area contributed by atoms with Crippen molar-refractivity contribution in [3.8, 4) is 0 Å². The molecule has 1 aliphatic rings. The molecule has 144 valence electrons. The number of carbonyl (C=O) groups excluding carboxylic acids is 2. The highest BCUT2D eigenvalue weighted by Gasteiger charge is 2.38. The molecule has 1 aromatic carbocycles. The quantitative estimate of drug-likeness (QED) is 0.682. The summed E-state index contributed by atoms with van der Waals surface area (Å²) in [6.45, 7) is 0.930. The normalized spacial score (nSPS) is 19.0. The summed E-state index contributed by atoms with van der Waals surface area (Å²) in [5.41, 5.74) is 0.178. The van der Waals surface area contributed by atoms with Gasteiger partial charge in [-0.25, -0.2) is 12.8 Å². The number of aliphatic hydroxyl groups is 1. The van der Waals surface area contributed by atoms with Gasteiger partial charge in [-0.3, -0.25) is 9.59 Å². The minimum atomic E-state index is -3.77. The molecule has 0 aliphatic carbocycles. The van der Waals surface area contributed by atoms with Gasteiger partial charge >= 0.3 is 0 Å². The highest BCUT2D eigenvalue weighted by molar-refractivity contribution is 7.92. The number of hydrogen-bond acceptors (Lipinski definition) is 6. The first-order valence-corrected chi connectivity index (χ1v) is 9.75. The first-order valence-electron chi connectivity index (χ1n) is 8.03. The van der Waals surface area contributed by atoms with Crippen molar-refractivity contribution in [2.45, 2.75) is 18.3 Å². The number of halogens is 1. The summed E-state index contributed by atoms with van der Waals surface area (Å²) in [5.74, 6) is -2.12. The molecule has 0 spiro atoms. The summed E-state index contributed by atoms with van der Waals surface area (Å²) in [4.78, 5) is 25.9. The molecule has 0 bridgehead atoms. The fourth-order valence-electron chi connectivity index (χ4n) is 2.59. The number of aliphatic hydroxyl groups excluding tert-OH is 1. The van der Waals surface area contributed by atoms with Crippen molar-refractivity contribution in [1.82, 2.24) is 10.2 Å². The minimum Gasteiger partial charge on any atom is -0.395 e. The van der Waals surface area contributed by atoms with Crippen molar-refractivity contribution in [3.05, 3.63) is 35.6 Å². The maximum Gasteiger partial charge on any atom is 0.251 e. The average Bonchev–Trinajstić information content (AvgIpc) is 2.61. The van der Waals surface area contributed by atoms with Crippen LogP contribution in [0.3, 0.4) is 0 Å². The molecular formula is C16H21FN2O6S. The Kier molecular flexibility index (Phi) is 6.68. The summed E-state index contributed by atoms with van der Waals surface area (Å²) in [5, 5.41) is 10.2. The lowest BCUT2D eigenvalue weighted by molar-refractivity contribution is -0.138. The smallest absolute Gasteiger partial charge is 0.251 e. The molecule has 2 unspecified atom stereocenters. The predicted octanol–water partition coefficient (Wildman–Crippen LogP) is -0.464. The lowest BCUT2D eigenvalue weighted by Gasteiger charge is -2.36. The van der Waals surface area contributed by atoms with Crippen LogP contribution in [0.1, 0.15) is 17.3 Å². The first kappa shape index (κ1) is 20.3. The Hall–Kier alpha value is -2.04. The number of benzene rings is 1. The predicted molar refractivity (Wildman–Crippen MR) is 90.5 cm³/mol. The molecule has 26 heavy (non-hydrogen) atoms. The van der Waals surface area contributed by atoms with Crippen LogP contribution in [0.15, 0.2) is 24.3 Å². The van der Waals surface area contributed by atoms with Crippen LogP contribution in [0.2, 0.25) is 0 Å². The van der Waals surface area contributed by atoms with E-state index in [9.17, 15) is 22.4 Å². The zero-order valence-electron chi connectivity index (χ0n) is 14.2. The summed E-state index contributed by atoms with van der Waals surface area (Å²) < 4.78 is 42.6. The van der Waals surface area contributed by atoms with Gasteiger partial charge in [0.05, 0.1) is 25.6 Å². The summed E-state index contributed by atoms with van der Waals surface area (Å²) in [6, 6.07) is 3.83. The third kappa shape index (κ3) is 4.77. The number of nitrogens with one attached hydrogen (secondary N) is 1. The number of rotatable bonds is 6. The molecule has 2 amide bonds. The van der Waals surface area contributed by atoms with Gasteiger partial charge in [-0.1, -0.05) is 0 Å². The molecule has 0 radical (unpaired) electrons. The number of amides is 2. The average molecular weight is 388 g/mol. The van der Waals surface area contributed by atoms with Crippen LogP contribution in [0.25, 0.3) is 0 Å². The third-order valence-electron chi connectivity index (χ3n) is 3.98. The summed E-state index contributed by atoms with van der Waals surface area (Å²) in [7, 11) is -3.77. The van der Waals surface area contributed by atoms with E-state index in [0.717, 1.165) is 17.0 Å². The van der Waals surface area contributed by atoms with Gasteiger partial charge in [0.15, 0.2) is 15.2 Å². The van der Waals surface area contributed by atoms with Gasteiger partial charge < -0.3 is 20.1 Å². The zero-order valence-corrected chi connectivity index (χ0v) is 15.0. The van der Waals surface area contributed by atoms with E-state index in [-0.39, 0.29) is 25.3 Å². The zero-order chi connectivity index (χ0) is 19.3. The van der Waals surface area contributed by atoms with Crippen molar-refractivity contribution in [1.29, 1.82) is 0 Å². The Morgan fingerprint density at radius 3 is 2.65 bits per heavy atom. The molecule has 8 nitrogen and oxygen atoms in total. The SMILES string of the molecule is CC(NC(=O)c1ccc(F)cc1)C(=O)N1CCOCC1S(=O)(=O)CCO. The highest BCUT2D eigenvalue weighted by atomic mass is 32.2. The van der Waals surface area contributed by atoms with E-state index >= 15 is 0 Å². The molecule has 0 aromatic heterocycles. The fraction of sp³-hybridized carbons (Fsp3) is 0.500. The maximum atomic E-state index is 12.9. The molecule has 1 heterocycles. The standard InChI is InChI=1S/C16H21FN2O6S/c1-11(18-15(21)12-2-4-13(17)5-3-12)16(22)19-6-8-25-10-14(19)26(23,24)9-7-20/h2-5,11,14,20H,6-10H2,1H3,(H,18,21). The van der Waals surface area contributed by atoms with E-state index in [2.05, 4.69) is 5.32 Å². The van der Waals surface area contributed by atoms with E-state index in [0.29, 0.717) is 0 Å². The van der Waals surface area contributed by atoms with Crippen LogP contribution >= 0.6 is 0 Å². The van der Waals surface area contributed by atoms with E-state index in [4.69, 9.17) is 9.84 Å². The van der Waals surface area contributed by atoms with Crippen LogP contribution in [0.4, 0.5) is 4.39 Å². The van der Waals surface area contributed by atoms with Gasteiger partial charge in [-0.15, -0.1) is 0 Å². The Labute approximate surface area is 150 Å². The topological polar surface area (TPSA) is 113 Å². The van der Waals surface area contributed by atoms with Crippen LogP contribution < -0.4 is 5.32 Å². The molecule has 10 heteroatoms. The maximum absolute atomic E-state index is 12.9. The molecule has 2 rings (SSSR count). The van der Waals surface area contributed by atoms with E-state index in [1.807, 2.05) is 0 Å². The van der Waals surface area contributed by atoms with Crippen molar-refractivity contribution in [2.24, 2.45) is 0 Å². The molecular weight excluding hydrogens is 367 g/mol. The molecule has 1 aromatic rings. The fourth-order valence-corrected chi connectivity index (χ4v) is 4.01. The van der Waals surface area contributed by atoms with Crippen molar-refractivity contribution >= 4 is 21.7 Å². The Morgan fingerprint density at radius 2 is 2.04 bits per heavy atom. The molecule has 2 N–H and O–H groups in total. The summed E-state index contributed by atoms with van der Waals surface area (Å²) >= 11 is 0. The minimum absolute atomic E-state index is 0.0604. The number of hydrogen-bond donors (Lipinski definition) is 2. The van der Waals surface area contributed by atoms with Gasteiger partial charge in [0.2, 0.25) is 5.91 Å². The van der Waals surface area contributed by atoms with Crippen molar-refractivity contribution in [3.63, 3.8) is 0 Å². The van der Waals surface area contributed by atoms with Gasteiger partial charge in [-0.2, -0.15) is 0 Å². The monoisotopic (exact) mass is 388 g/mol. The highest BCUT2D eigenvalue weighted by Crippen LogP contribution is 2.16. The number of nitrogens with zero attached hydrogens (tertiary/aromatic N) is 1. The number of sulfone groups is 1. The number of morpholine rings is 1. The largest absolute Gasteiger partial charge is 0.395 e. The molecule has 1 aliphatic heterocycles. The molecule has 0 saturated carbocycles. The second-order valence-electron chi connectivity index (χ2n) is 5.85. The lowest BCUT2D eigenvalue weighted by Crippen LogP contribution is -2.58. The number of ether oxygens (including phenoxy) is 1. The Bertz CT molecular complexity index is 753. The van der Waals surface area contributed by atoms with Gasteiger partial charge in [0, 0.05) is 12.1 Å². The van der Waals surface area contributed by atoms with Crippen molar-refractivity contribution in [2.75, 3.05) is 32.1 Å². The Balaban J connectivity index is 2.09. The van der Waals surface area contributed by atoms with Gasteiger partial charge in [0.25, 0.3) is 5.91 Å². The van der Waals surface area contributed by atoms with E-state index in [1.54, 1.807) is 0 Å². The lowest BCUT2D eigenvalue weighted by atomic mass is 10.2. The molecule has 1 saturated heterocycles. The van der Waals surface area contributed by atoms with E-state index < -0.39 is 51.2 Å². The summed E-state index contributed by atoms with van der Waals surface area (Å²) in [6.07, 6.45) is 0. The first-order chi connectivity index (χ1) is 12.3. The molecule has 1 fully saturated rings. The van der Waals surface area contributed by atoms with Crippen LogP contribution in [-0.2, 0) is 19.4 Å². The van der Waals surface area contributed by atoms with Crippen LogP contribution in [-0.4, -0.2) is 73.8 Å². The second kappa shape index (κ2) is 8.56.